The number of fused-ring (bicyclic) bond motifs is 1. The zero-order valence-electron chi connectivity index (χ0n) is 11.5. The fourth-order valence-corrected chi connectivity index (χ4v) is 3.49. The Morgan fingerprint density at radius 3 is 2.73 bits per heavy atom. The van der Waals surface area contributed by atoms with Crippen molar-refractivity contribution >= 4 is 50.2 Å². The van der Waals surface area contributed by atoms with Crippen LogP contribution in [0.4, 0.5) is 4.39 Å². The summed E-state index contributed by atoms with van der Waals surface area (Å²) in [4.78, 5) is 0. The first-order valence-electron chi connectivity index (χ1n) is 6.55. The molecule has 1 aromatic heterocycles. The lowest BCUT2D eigenvalue weighted by atomic mass is 10.1. The van der Waals surface area contributed by atoms with Crippen LogP contribution in [0.15, 0.2) is 34.8 Å². The Balaban J connectivity index is 2.15. The second kappa shape index (κ2) is 6.14. The van der Waals surface area contributed by atoms with Gasteiger partial charge in [0.05, 0.1) is 11.6 Å². The highest BCUT2D eigenvalue weighted by Gasteiger charge is 2.18. The van der Waals surface area contributed by atoms with Crippen LogP contribution in [0.25, 0.3) is 11.0 Å². The highest BCUT2D eigenvalue weighted by molar-refractivity contribution is 9.10. The number of hydrogen-bond acceptors (Lipinski definition) is 2. The summed E-state index contributed by atoms with van der Waals surface area (Å²) >= 11 is 15.6. The molecule has 0 aliphatic carbocycles. The van der Waals surface area contributed by atoms with E-state index in [-0.39, 0.29) is 6.04 Å². The molecule has 22 heavy (non-hydrogen) atoms. The van der Waals surface area contributed by atoms with Gasteiger partial charge in [0.2, 0.25) is 0 Å². The third kappa shape index (κ3) is 2.73. The number of nitrogens with zero attached hydrogens (tertiary/aromatic N) is 3. The lowest BCUT2D eigenvalue weighted by molar-refractivity contribution is 0.487. The smallest absolute Gasteiger partial charge is 0.119 e. The van der Waals surface area contributed by atoms with Gasteiger partial charge in [0.1, 0.15) is 12.2 Å². The molecule has 0 saturated heterocycles. The van der Waals surface area contributed by atoms with Gasteiger partial charge in [0, 0.05) is 20.1 Å². The summed E-state index contributed by atoms with van der Waals surface area (Å²) in [6.07, 6.45) is 0. The Morgan fingerprint density at radius 1 is 1.27 bits per heavy atom. The van der Waals surface area contributed by atoms with Crippen LogP contribution in [-0.4, -0.2) is 15.0 Å². The van der Waals surface area contributed by atoms with Crippen LogP contribution in [0.1, 0.15) is 24.1 Å². The van der Waals surface area contributed by atoms with Crippen molar-refractivity contribution in [3.05, 3.63) is 56.0 Å². The maximum absolute atomic E-state index is 13.1. The summed E-state index contributed by atoms with van der Waals surface area (Å²) in [7, 11) is 0. The van der Waals surface area contributed by atoms with E-state index in [1.54, 1.807) is 22.9 Å². The molecule has 0 spiro atoms. The first kappa shape index (κ1) is 15.7. The van der Waals surface area contributed by atoms with E-state index < -0.39 is 6.67 Å². The van der Waals surface area contributed by atoms with Gasteiger partial charge in [-0.3, -0.25) is 0 Å². The molecule has 0 fully saturated rings. The van der Waals surface area contributed by atoms with Crippen molar-refractivity contribution in [1.29, 1.82) is 0 Å². The molecule has 1 unspecified atom stereocenters. The minimum Gasteiger partial charge on any atom is -0.246 e. The zero-order chi connectivity index (χ0) is 15.9. The summed E-state index contributed by atoms with van der Waals surface area (Å²) < 4.78 is 15.7. The molecule has 0 bridgehead atoms. The number of alkyl halides is 1. The van der Waals surface area contributed by atoms with Crippen LogP contribution >= 0.6 is 39.1 Å². The molecule has 3 rings (SSSR count). The topological polar surface area (TPSA) is 30.7 Å². The fourth-order valence-electron chi connectivity index (χ4n) is 2.43. The Hall–Kier alpha value is -1.17. The van der Waals surface area contributed by atoms with E-state index in [1.165, 1.54) is 0 Å². The Morgan fingerprint density at radius 2 is 2.05 bits per heavy atom. The minimum absolute atomic E-state index is 0.156. The molecule has 3 aromatic rings. The molecular formula is C15H11BrCl2FN3. The molecule has 1 heterocycles. The fraction of sp³-hybridized carbons (Fsp3) is 0.200. The van der Waals surface area contributed by atoms with Gasteiger partial charge in [-0.05, 0) is 36.8 Å². The van der Waals surface area contributed by atoms with Crippen molar-refractivity contribution in [2.75, 3.05) is 0 Å². The summed E-state index contributed by atoms with van der Waals surface area (Å²) in [6.45, 7) is 1.37. The van der Waals surface area contributed by atoms with Gasteiger partial charge in [-0.1, -0.05) is 50.4 Å². The molecule has 0 aliphatic heterocycles. The summed E-state index contributed by atoms with van der Waals surface area (Å²) in [6, 6.07) is 8.75. The molecule has 0 amide bonds. The standard InChI is InChI=1S/C15H11BrCl2FN3/c1-8(12-3-2-11(17)6-13(12)18)22-14-5-10(16)4-9(7-19)15(14)20-21-22/h2-6,8H,7H2,1H3. The SMILES string of the molecule is CC(c1ccc(Cl)cc1Cl)n1nnc2c(CF)cc(Br)cc21. The van der Waals surface area contributed by atoms with Crippen LogP contribution in [0.5, 0.6) is 0 Å². The average molecular weight is 403 g/mol. The Kier molecular flexibility index (Phi) is 4.39. The van der Waals surface area contributed by atoms with Crippen LogP contribution in [0, 0.1) is 0 Å². The van der Waals surface area contributed by atoms with E-state index in [0.29, 0.717) is 21.1 Å². The summed E-state index contributed by atoms with van der Waals surface area (Å²) in [5, 5.41) is 9.42. The lowest BCUT2D eigenvalue weighted by Gasteiger charge is -2.15. The maximum Gasteiger partial charge on any atom is 0.119 e. The quantitative estimate of drug-likeness (QED) is 0.572. The van der Waals surface area contributed by atoms with Crippen molar-refractivity contribution in [2.45, 2.75) is 19.6 Å². The molecule has 114 valence electrons. The number of rotatable bonds is 3. The lowest BCUT2D eigenvalue weighted by Crippen LogP contribution is -2.09. The average Bonchev–Trinajstić information content (AvgIpc) is 2.89. The molecule has 7 heteroatoms. The van der Waals surface area contributed by atoms with Crippen molar-refractivity contribution in [3.8, 4) is 0 Å². The second-order valence-corrected chi connectivity index (χ2v) is 6.70. The van der Waals surface area contributed by atoms with Gasteiger partial charge in [0.15, 0.2) is 0 Å². The second-order valence-electron chi connectivity index (χ2n) is 4.94. The molecule has 0 radical (unpaired) electrons. The highest BCUT2D eigenvalue weighted by atomic mass is 79.9. The van der Waals surface area contributed by atoms with Gasteiger partial charge >= 0.3 is 0 Å². The van der Waals surface area contributed by atoms with E-state index in [9.17, 15) is 4.39 Å². The van der Waals surface area contributed by atoms with Gasteiger partial charge in [-0.25, -0.2) is 9.07 Å². The third-order valence-corrected chi connectivity index (χ3v) is 4.57. The molecule has 2 aromatic carbocycles. The first-order chi connectivity index (χ1) is 10.5. The van der Waals surface area contributed by atoms with Crippen LogP contribution in [-0.2, 0) is 6.67 Å². The third-order valence-electron chi connectivity index (χ3n) is 3.54. The van der Waals surface area contributed by atoms with Crippen LogP contribution in [0.2, 0.25) is 10.0 Å². The minimum atomic E-state index is -0.593. The highest BCUT2D eigenvalue weighted by Crippen LogP contribution is 2.31. The van der Waals surface area contributed by atoms with E-state index in [2.05, 4.69) is 26.2 Å². The summed E-state index contributed by atoms with van der Waals surface area (Å²) in [5.41, 5.74) is 2.69. The number of hydrogen-bond donors (Lipinski definition) is 0. The van der Waals surface area contributed by atoms with Crippen molar-refractivity contribution in [2.24, 2.45) is 0 Å². The molecule has 1 atom stereocenters. The first-order valence-corrected chi connectivity index (χ1v) is 8.10. The predicted octanol–water partition coefficient (Wildman–Crippen LogP) is 5.58. The summed E-state index contributed by atoms with van der Waals surface area (Å²) in [5.74, 6) is 0. The van der Waals surface area contributed by atoms with E-state index >= 15 is 0 Å². The number of benzene rings is 2. The Labute approximate surface area is 145 Å². The monoisotopic (exact) mass is 401 g/mol. The zero-order valence-corrected chi connectivity index (χ0v) is 14.6. The van der Waals surface area contributed by atoms with Crippen molar-refractivity contribution in [1.82, 2.24) is 15.0 Å². The predicted molar refractivity (Wildman–Crippen MR) is 90.3 cm³/mol. The molecule has 0 saturated carbocycles. The van der Waals surface area contributed by atoms with Crippen molar-refractivity contribution < 1.29 is 4.39 Å². The van der Waals surface area contributed by atoms with E-state index in [1.807, 2.05) is 19.1 Å². The van der Waals surface area contributed by atoms with Crippen molar-refractivity contribution in [3.63, 3.8) is 0 Å². The number of aromatic nitrogens is 3. The van der Waals surface area contributed by atoms with Crippen LogP contribution in [0.3, 0.4) is 0 Å². The molecular weight excluding hydrogens is 392 g/mol. The normalized spacial score (nSPS) is 12.8. The van der Waals surface area contributed by atoms with Gasteiger partial charge < -0.3 is 0 Å². The van der Waals surface area contributed by atoms with Gasteiger partial charge in [-0.2, -0.15) is 0 Å². The maximum atomic E-state index is 13.1. The number of halogens is 4. The van der Waals surface area contributed by atoms with E-state index in [0.717, 1.165) is 15.6 Å². The van der Waals surface area contributed by atoms with Gasteiger partial charge in [0.25, 0.3) is 0 Å². The molecule has 0 aliphatic rings. The van der Waals surface area contributed by atoms with Gasteiger partial charge in [-0.15, -0.1) is 5.10 Å². The van der Waals surface area contributed by atoms with E-state index in [4.69, 9.17) is 23.2 Å². The van der Waals surface area contributed by atoms with Crippen LogP contribution < -0.4 is 0 Å². The Bertz CT molecular complexity index is 850. The largest absolute Gasteiger partial charge is 0.246 e. The molecule has 0 N–H and O–H groups in total. The molecule has 3 nitrogen and oxygen atoms in total.